The van der Waals surface area contributed by atoms with Crippen molar-refractivity contribution < 1.29 is 22.7 Å². The Balaban J connectivity index is 1.47. The van der Waals surface area contributed by atoms with Crippen LogP contribution in [0.1, 0.15) is 34.5 Å². The molecular weight excluding hydrogens is 438 g/mol. The van der Waals surface area contributed by atoms with Crippen molar-refractivity contribution in [2.45, 2.75) is 31.8 Å². The Labute approximate surface area is 198 Å². The summed E-state index contributed by atoms with van der Waals surface area (Å²) in [5.41, 5.74) is 1.59. The molecule has 0 unspecified atom stereocenters. The summed E-state index contributed by atoms with van der Waals surface area (Å²) in [7, 11) is 3.47. The molecule has 1 aliphatic heterocycles. The number of likely N-dealkylation sites (N-methyl/N-ethyl adjacent to an activating group) is 1. The third-order valence-corrected chi connectivity index (χ3v) is 6.71. The van der Waals surface area contributed by atoms with Gasteiger partial charge >= 0.3 is 0 Å². The summed E-state index contributed by atoms with van der Waals surface area (Å²) < 4.78 is 38.1. The Morgan fingerprint density at radius 1 is 1.15 bits per heavy atom. The van der Waals surface area contributed by atoms with Gasteiger partial charge in [-0.25, -0.2) is 8.78 Å². The zero-order valence-corrected chi connectivity index (χ0v) is 19.5. The number of benzene rings is 2. The smallest absolute Gasteiger partial charge is 0.289 e. The number of rotatable bonds is 8. The van der Waals surface area contributed by atoms with E-state index in [2.05, 4.69) is 4.90 Å². The van der Waals surface area contributed by atoms with E-state index in [1.54, 1.807) is 24.1 Å². The van der Waals surface area contributed by atoms with Crippen LogP contribution in [-0.2, 0) is 13.0 Å². The van der Waals surface area contributed by atoms with E-state index in [9.17, 15) is 13.6 Å². The Kier molecular flexibility index (Phi) is 7.63. The molecule has 5 nitrogen and oxygen atoms in total. The molecule has 0 bridgehead atoms. The van der Waals surface area contributed by atoms with E-state index in [-0.39, 0.29) is 17.9 Å². The van der Waals surface area contributed by atoms with Crippen LogP contribution in [-0.4, -0.2) is 49.0 Å². The normalized spacial score (nSPS) is 15.8. The molecule has 1 aromatic heterocycles. The van der Waals surface area contributed by atoms with Gasteiger partial charge < -0.3 is 14.1 Å². The molecule has 1 saturated heterocycles. The van der Waals surface area contributed by atoms with Crippen LogP contribution in [0.3, 0.4) is 0 Å². The summed E-state index contributed by atoms with van der Waals surface area (Å²) in [6, 6.07) is 15.0. The van der Waals surface area contributed by atoms with Crippen LogP contribution in [0.2, 0.25) is 0 Å². The highest BCUT2D eigenvalue weighted by molar-refractivity contribution is 5.91. The zero-order chi connectivity index (χ0) is 24.1. The van der Waals surface area contributed by atoms with Crippen molar-refractivity contribution in [2.24, 2.45) is 5.92 Å². The highest BCUT2D eigenvalue weighted by Crippen LogP contribution is 2.29. The van der Waals surface area contributed by atoms with Gasteiger partial charge in [-0.1, -0.05) is 18.2 Å². The molecule has 34 heavy (non-hydrogen) atoms. The minimum Gasteiger partial charge on any atom is -0.497 e. The molecule has 0 spiro atoms. The van der Waals surface area contributed by atoms with E-state index in [0.717, 1.165) is 43.3 Å². The minimum atomic E-state index is -0.565. The average molecular weight is 469 g/mol. The molecule has 2 aromatic carbocycles. The van der Waals surface area contributed by atoms with Gasteiger partial charge in [0.05, 0.1) is 13.4 Å². The molecule has 1 fully saturated rings. The highest BCUT2D eigenvalue weighted by atomic mass is 19.1. The van der Waals surface area contributed by atoms with Crippen molar-refractivity contribution in [1.82, 2.24) is 9.80 Å². The van der Waals surface area contributed by atoms with Crippen molar-refractivity contribution >= 4 is 5.91 Å². The van der Waals surface area contributed by atoms with Crippen LogP contribution in [0.5, 0.6) is 5.75 Å². The van der Waals surface area contributed by atoms with E-state index in [1.807, 2.05) is 31.3 Å². The second-order valence-corrected chi connectivity index (χ2v) is 8.87. The first-order valence-corrected chi connectivity index (χ1v) is 11.5. The summed E-state index contributed by atoms with van der Waals surface area (Å²) in [5, 5.41) is 0. The maximum atomic E-state index is 14.1. The van der Waals surface area contributed by atoms with Crippen LogP contribution in [0.25, 0.3) is 0 Å². The van der Waals surface area contributed by atoms with Crippen molar-refractivity contribution in [1.29, 1.82) is 0 Å². The summed E-state index contributed by atoms with van der Waals surface area (Å²) in [6.07, 6.45) is 3.93. The third-order valence-electron chi connectivity index (χ3n) is 6.71. The molecule has 2 heterocycles. The fourth-order valence-electron chi connectivity index (χ4n) is 4.77. The van der Waals surface area contributed by atoms with Crippen LogP contribution >= 0.6 is 0 Å². The quantitative estimate of drug-likeness (QED) is 0.458. The second kappa shape index (κ2) is 10.8. The lowest BCUT2D eigenvalue weighted by molar-refractivity contribution is 0.0555. The van der Waals surface area contributed by atoms with Gasteiger partial charge in [0.1, 0.15) is 17.4 Å². The van der Waals surface area contributed by atoms with Gasteiger partial charge in [0.2, 0.25) is 0 Å². The molecule has 0 saturated carbocycles. The topological polar surface area (TPSA) is 45.9 Å². The predicted octanol–water partition coefficient (Wildman–Crippen LogP) is 5.16. The van der Waals surface area contributed by atoms with Crippen molar-refractivity contribution in [3.63, 3.8) is 0 Å². The molecular formula is C27H30F2N2O3. The van der Waals surface area contributed by atoms with E-state index in [1.165, 1.54) is 18.4 Å². The summed E-state index contributed by atoms with van der Waals surface area (Å²) in [6.45, 7) is 2.00. The Bertz CT molecular complexity index is 1100. The number of ether oxygens (including phenoxy) is 1. The van der Waals surface area contributed by atoms with Gasteiger partial charge in [0, 0.05) is 31.3 Å². The maximum absolute atomic E-state index is 14.1. The van der Waals surface area contributed by atoms with E-state index in [4.69, 9.17) is 9.15 Å². The first-order valence-electron chi connectivity index (χ1n) is 11.5. The Morgan fingerprint density at radius 2 is 1.94 bits per heavy atom. The van der Waals surface area contributed by atoms with Gasteiger partial charge in [-0.15, -0.1) is 0 Å². The fraction of sp³-hybridized carbons (Fsp3) is 0.370. The second-order valence-electron chi connectivity index (χ2n) is 8.87. The molecule has 180 valence electrons. The summed E-state index contributed by atoms with van der Waals surface area (Å²) in [4.78, 5) is 17.1. The van der Waals surface area contributed by atoms with Gasteiger partial charge in [-0.3, -0.25) is 9.69 Å². The number of nitrogens with zero attached hydrogens (tertiary/aromatic N) is 2. The molecule has 7 heteroatoms. The van der Waals surface area contributed by atoms with Gasteiger partial charge in [0.15, 0.2) is 5.76 Å². The SMILES string of the molecule is COc1cccc(C[C@@H](C2CCN(Cc3ccc(F)cc3F)CC2)N(C)C(=O)c2ccco2)c1. The predicted molar refractivity (Wildman–Crippen MR) is 126 cm³/mol. The fourth-order valence-corrected chi connectivity index (χ4v) is 4.77. The molecule has 3 aromatic rings. The minimum absolute atomic E-state index is 0.0330. The van der Waals surface area contributed by atoms with Gasteiger partial charge in [-0.2, -0.15) is 0 Å². The molecule has 1 atom stereocenters. The largest absolute Gasteiger partial charge is 0.497 e. The first kappa shape index (κ1) is 24.0. The van der Waals surface area contributed by atoms with E-state index >= 15 is 0 Å². The number of hydrogen-bond acceptors (Lipinski definition) is 4. The lowest BCUT2D eigenvalue weighted by atomic mass is 9.84. The van der Waals surface area contributed by atoms with Crippen molar-refractivity contribution in [3.8, 4) is 5.75 Å². The monoisotopic (exact) mass is 468 g/mol. The van der Waals surface area contributed by atoms with Crippen molar-refractivity contribution in [2.75, 3.05) is 27.2 Å². The molecule has 1 aliphatic rings. The standard InChI is InChI=1S/C27H30F2N2O3/c1-30(27(32)26-7-4-14-34-26)25(16-19-5-3-6-23(15-19)33-2)20-10-12-31(13-11-20)18-21-8-9-22(28)17-24(21)29/h3-9,14-15,17,20,25H,10-13,16,18H2,1-2H3/t25-/m0/s1. The molecule has 0 radical (unpaired) electrons. The van der Waals surface area contributed by atoms with Crippen LogP contribution in [0.15, 0.2) is 65.3 Å². The number of likely N-dealkylation sites (tertiary alicyclic amines) is 1. The van der Waals surface area contributed by atoms with E-state index < -0.39 is 11.6 Å². The first-order chi connectivity index (χ1) is 16.4. The summed E-state index contributed by atoms with van der Waals surface area (Å²) >= 11 is 0. The zero-order valence-electron chi connectivity index (χ0n) is 19.5. The third kappa shape index (κ3) is 5.65. The lowest BCUT2D eigenvalue weighted by Crippen LogP contribution is -2.47. The lowest BCUT2D eigenvalue weighted by Gasteiger charge is -2.40. The van der Waals surface area contributed by atoms with Gasteiger partial charge in [-0.05, 0) is 74.2 Å². The number of carbonyl (C=O) groups is 1. The molecule has 0 aliphatic carbocycles. The van der Waals surface area contributed by atoms with Crippen LogP contribution < -0.4 is 4.74 Å². The van der Waals surface area contributed by atoms with Crippen LogP contribution in [0.4, 0.5) is 8.78 Å². The number of halogens is 2. The number of carbonyl (C=O) groups excluding carboxylic acids is 1. The number of furan rings is 1. The summed E-state index contributed by atoms with van der Waals surface area (Å²) in [5.74, 6) is 0.152. The van der Waals surface area contributed by atoms with Gasteiger partial charge in [0.25, 0.3) is 5.91 Å². The molecule has 0 N–H and O–H groups in total. The maximum Gasteiger partial charge on any atom is 0.289 e. The Hall–Kier alpha value is -3.19. The molecule has 1 amide bonds. The average Bonchev–Trinajstić information content (AvgIpc) is 3.39. The number of piperidine rings is 1. The highest BCUT2D eigenvalue weighted by Gasteiger charge is 2.33. The number of hydrogen-bond donors (Lipinski definition) is 0. The van der Waals surface area contributed by atoms with Crippen molar-refractivity contribution in [3.05, 3.63) is 89.4 Å². The van der Waals surface area contributed by atoms with E-state index in [0.29, 0.717) is 24.3 Å². The number of methoxy groups -OCH3 is 1. The molecule has 4 rings (SSSR count). The Morgan fingerprint density at radius 3 is 2.62 bits per heavy atom. The number of amides is 1. The van der Waals surface area contributed by atoms with Crippen LogP contribution in [0, 0.1) is 17.6 Å².